The third-order valence-corrected chi connectivity index (χ3v) is 0.976. The molecule has 1 rings (SSSR count). The lowest BCUT2D eigenvalue weighted by molar-refractivity contribution is 0.443. The molecule has 6 N–H and O–H groups in total. The predicted octanol–water partition coefficient (Wildman–Crippen LogP) is -2.22. The van der Waals surface area contributed by atoms with E-state index in [1.165, 1.54) is 5.01 Å². The average Bonchev–Trinajstić information content (AvgIpc) is 1.85. The van der Waals surface area contributed by atoms with E-state index < -0.39 is 0 Å². The van der Waals surface area contributed by atoms with E-state index in [0.29, 0.717) is 12.5 Å². The third kappa shape index (κ3) is 0.728. The van der Waals surface area contributed by atoms with Gasteiger partial charge in [0.1, 0.15) is 6.17 Å². The van der Waals surface area contributed by atoms with Crippen molar-refractivity contribution in [3.8, 4) is 0 Å². The van der Waals surface area contributed by atoms with E-state index in [0.717, 1.165) is 0 Å². The number of aliphatic imine (C=N–C) groups is 1. The maximum atomic E-state index is 5.33. The summed E-state index contributed by atoms with van der Waals surface area (Å²) in [5.74, 6) is 5.58. The lowest BCUT2D eigenvalue weighted by Crippen LogP contribution is -2.41. The van der Waals surface area contributed by atoms with Crippen molar-refractivity contribution in [3.05, 3.63) is 0 Å². The number of rotatable bonds is 0. The Bertz CT molecular complexity index is 119. The Labute approximate surface area is 47.1 Å². The first-order valence-electron chi connectivity index (χ1n) is 2.31. The maximum Gasteiger partial charge on any atom is 0.207 e. The molecule has 0 spiro atoms. The van der Waals surface area contributed by atoms with Gasteiger partial charge >= 0.3 is 0 Å². The maximum absolute atomic E-state index is 5.33. The molecule has 0 saturated carbocycles. The zero-order valence-electron chi connectivity index (χ0n) is 4.41. The van der Waals surface area contributed by atoms with Gasteiger partial charge in [0.05, 0.1) is 6.54 Å². The highest BCUT2D eigenvalue weighted by atomic mass is 15.5. The van der Waals surface area contributed by atoms with Gasteiger partial charge < -0.3 is 11.5 Å². The number of nitrogens with zero attached hydrogens (tertiary/aromatic N) is 2. The van der Waals surface area contributed by atoms with Crippen LogP contribution in [0.5, 0.6) is 0 Å². The minimum Gasteiger partial charge on any atom is -0.369 e. The summed E-state index contributed by atoms with van der Waals surface area (Å²) >= 11 is 0. The van der Waals surface area contributed by atoms with Crippen molar-refractivity contribution in [2.75, 3.05) is 6.54 Å². The minimum absolute atomic E-state index is 0.236. The summed E-state index contributed by atoms with van der Waals surface area (Å²) < 4.78 is 0. The van der Waals surface area contributed by atoms with E-state index in [4.69, 9.17) is 17.3 Å². The summed E-state index contributed by atoms with van der Waals surface area (Å²) in [4.78, 5) is 3.74. The fraction of sp³-hybridized carbons (Fsp3) is 0.667. The molecule has 8 heavy (non-hydrogen) atoms. The van der Waals surface area contributed by atoms with Gasteiger partial charge in [-0.05, 0) is 0 Å². The largest absolute Gasteiger partial charge is 0.369 e. The van der Waals surface area contributed by atoms with Crippen LogP contribution in [0.25, 0.3) is 0 Å². The number of guanidine groups is 1. The van der Waals surface area contributed by atoms with Gasteiger partial charge in [0, 0.05) is 0 Å². The standard InChI is InChI=1S/C3H9N5/c4-2-1-8(6)3(5)7-2/h2H,1,4,6H2,(H2,5,7). The zero-order chi connectivity index (χ0) is 6.15. The Hall–Kier alpha value is -0.810. The monoisotopic (exact) mass is 115 g/mol. The fourth-order valence-corrected chi connectivity index (χ4v) is 0.580. The van der Waals surface area contributed by atoms with Crippen molar-refractivity contribution in [3.63, 3.8) is 0 Å². The van der Waals surface area contributed by atoms with Gasteiger partial charge in [-0.15, -0.1) is 0 Å². The Morgan fingerprint density at radius 3 is 2.50 bits per heavy atom. The van der Waals surface area contributed by atoms with Gasteiger partial charge in [0.15, 0.2) is 0 Å². The van der Waals surface area contributed by atoms with Crippen LogP contribution in [0.4, 0.5) is 0 Å². The Morgan fingerprint density at radius 1 is 1.75 bits per heavy atom. The normalized spacial score (nSPS) is 28.5. The number of hydrogen-bond donors (Lipinski definition) is 3. The van der Waals surface area contributed by atoms with Crippen molar-refractivity contribution in [2.45, 2.75) is 6.17 Å². The number of nitrogens with two attached hydrogens (primary N) is 3. The number of hydrazine groups is 1. The van der Waals surface area contributed by atoms with Gasteiger partial charge in [0.25, 0.3) is 0 Å². The molecule has 0 aromatic carbocycles. The van der Waals surface area contributed by atoms with Crippen molar-refractivity contribution in [1.82, 2.24) is 5.01 Å². The van der Waals surface area contributed by atoms with E-state index in [1.807, 2.05) is 0 Å². The molecular weight excluding hydrogens is 106 g/mol. The highest BCUT2D eigenvalue weighted by Crippen LogP contribution is 1.93. The van der Waals surface area contributed by atoms with Gasteiger partial charge in [-0.3, -0.25) is 5.01 Å². The first-order valence-corrected chi connectivity index (χ1v) is 2.31. The van der Waals surface area contributed by atoms with Gasteiger partial charge in [-0.1, -0.05) is 0 Å². The van der Waals surface area contributed by atoms with Crippen molar-refractivity contribution in [1.29, 1.82) is 0 Å². The summed E-state index contributed by atoms with van der Waals surface area (Å²) in [6.45, 7) is 0.520. The first kappa shape index (κ1) is 5.33. The SMILES string of the molecule is NC1=NC(N)CN1N. The lowest BCUT2D eigenvalue weighted by atomic mass is 10.6. The van der Waals surface area contributed by atoms with Crippen LogP contribution < -0.4 is 17.3 Å². The third-order valence-electron chi connectivity index (χ3n) is 0.976. The van der Waals surface area contributed by atoms with Crippen LogP contribution in [-0.2, 0) is 0 Å². The summed E-state index contributed by atoms with van der Waals surface area (Å²) in [6.07, 6.45) is -0.236. The smallest absolute Gasteiger partial charge is 0.207 e. The lowest BCUT2D eigenvalue weighted by Gasteiger charge is -2.07. The van der Waals surface area contributed by atoms with Crippen LogP contribution in [0.15, 0.2) is 4.99 Å². The van der Waals surface area contributed by atoms with Crippen molar-refractivity contribution >= 4 is 5.96 Å². The zero-order valence-corrected chi connectivity index (χ0v) is 4.41. The fourth-order valence-electron chi connectivity index (χ4n) is 0.580. The van der Waals surface area contributed by atoms with Crippen LogP contribution in [0.1, 0.15) is 0 Å². The summed E-state index contributed by atoms with van der Waals surface area (Å²) in [5.41, 5.74) is 10.6. The molecule has 46 valence electrons. The van der Waals surface area contributed by atoms with Gasteiger partial charge in [-0.2, -0.15) is 0 Å². The molecule has 0 fully saturated rings. The molecule has 0 aromatic heterocycles. The van der Waals surface area contributed by atoms with Crippen LogP contribution >= 0.6 is 0 Å². The van der Waals surface area contributed by atoms with E-state index in [2.05, 4.69) is 4.99 Å². The van der Waals surface area contributed by atoms with Crippen LogP contribution in [0.3, 0.4) is 0 Å². The number of hydrogen-bond acceptors (Lipinski definition) is 5. The van der Waals surface area contributed by atoms with Gasteiger partial charge in [0.2, 0.25) is 5.96 Å². The first-order chi connectivity index (χ1) is 3.70. The topological polar surface area (TPSA) is 93.7 Å². The second-order valence-electron chi connectivity index (χ2n) is 1.71. The summed E-state index contributed by atoms with van der Waals surface area (Å²) in [5, 5.41) is 1.32. The summed E-state index contributed by atoms with van der Waals surface area (Å²) in [7, 11) is 0. The van der Waals surface area contributed by atoms with Crippen molar-refractivity contribution < 1.29 is 0 Å². The molecule has 1 aliphatic heterocycles. The average molecular weight is 115 g/mol. The second-order valence-corrected chi connectivity index (χ2v) is 1.71. The van der Waals surface area contributed by atoms with E-state index in [-0.39, 0.29) is 6.17 Å². The van der Waals surface area contributed by atoms with Crippen molar-refractivity contribution in [2.24, 2.45) is 22.3 Å². The molecule has 5 heteroatoms. The molecular formula is C3H9N5. The molecule has 0 amide bonds. The molecule has 0 saturated heterocycles. The minimum atomic E-state index is -0.236. The Balaban J connectivity index is 2.59. The molecule has 0 aliphatic carbocycles. The molecule has 0 radical (unpaired) electrons. The Kier molecular flexibility index (Phi) is 1.07. The van der Waals surface area contributed by atoms with E-state index >= 15 is 0 Å². The Morgan fingerprint density at radius 2 is 2.38 bits per heavy atom. The summed E-state index contributed by atoms with van der Waals surface area (Å²) in [6, 6.07) is 0. The molecule has 0 aromatic rings. The second kappa shape index (κ2) is 1.61. The van der Waals surface area contributed by atoms with Gasteiger partial charge in [-0.25, -0.2) is 10.8 Å². The molecule has 1 aliphatic rings. The highest BCUT2D eigenvalue weighted by Gasteiger charge is 2.15. The van der Waals surface area contributed by atoms with E-state index in [1.54, 1.807) is 0 Å². The molecule has 1 heterocycles. The van der Waals surface area contributed by atoms with Crippen LogP contribution in [0, 0.1) is 0 Å². The molecule has 0 bridgehead atoms. The van der Waals surface area contributed by atoms with Crippen LogP contribution in [0.2, 0.25) is 0 Å². The highest BCUT2D eigenvalue weighted by molar-refractivity contribution is 5.79. The molecule has 5 nitrogen and oxygen atoms in total. The predicted molar refractivity (Wildman–Crippen MR) is 30.5 cm³/mol. The molecule has 1 unspecified atom stereocenters. The van der Waals surface area contributed by atoms with E-state index in [9.17, 15) is 0 Å². The quantitative estimate of drug-likeness (QED) is 0.311. The van der Waals surface area contributed by atoms with Crippen LogP contribution in [-0.4, -0.2) is 23.7 Å². The molecule has 1 atom stereocenters.